The topological polar surface area (TPSA) is 41.1 Å². The zero-order chi connectivity index (χ0) is 13.2. The van der Waals surface area contributed by atoms with Crippen molar-refractivity contribution in [2.75, 3.05) is 16.5 Å². The molecular formula is C15H16N2OS. The maximum atomic E-state index is 12.2. The Morgan fingerprint density at radius 3 is 2.84 bits per heavy atom. The van der Waals surface area contributed by atoms with Gasteiger partial charge in [0.25, 0.3) is 5.91 Å². The Bertz CT molecular complexity index is 628. The molecule has 2 aromatic carbocycles. The molecule has 0 unspecified atom stereocenters. The van der Waals surface area contributed by atoms with Crippen molar-refractivity contribution >= 4 is 29.0 Å². The molecule has 0 aromatic heterocycles. The molecule has 1 heterocycles. The summed E-state index contributed by atoms with van der Waals surface area (Å²) in [5, 5.41) is 6.15. The Hall–Kier alpha value is -1.94. The Kier molecular flexibility index (Phi) is 3.17. The summed E-state index contributed by atoms with van der Waals surface area (Å²) in [5.74, 6) is 0.795. The van der Waals surface area contributed by atoms with Crippen LogP contribution in [0.4, 0.5) is 11.4 Å². The summed E-state index contributed by atoms with van der Waals surface area (Å²) in [6, 6.07) is 13.5. The third-order valence-corrected chi connectivity index (χ3v) is 4.00. The number of thioether (sulfide) groups is 1. The van der Waals surface area contributed by atoms with Crippen molar-refractivity contribution in [1.82, 2.24) is 0 Å². The lowest BCUT2D eigenvalue weighted by Crippen LogP contribution is -2.11. The van der Waals surface area contributed by atoms with Gasteiger partial charge in [-0.3, -0.25) is 4.79 Å². The molecule has 4 heteroatoms. The first-order valence-electron chi connectivity index (χ1n) is 6.11. The monoisotopic (exact) mass is 272 g/mol. The molecule has 0 saturated carbocycles. The summed E-state index contributed by atoms with van der Waals surface area (Å²) in [5.41, 5.74) is 3.71. The first-order chi connectivity index (χ1) is 9.22. The maximum absolute atomic E-state index is 12.2. The van der Waals surface area contributed by atoms with Gasteiger partial charge in [-0.25, -0.2) is 0 Å². The van der Waals surface area contributed by atoms with Gasteiger partial charge in [-0.2, -0.15) is 0 Å². The molecule has 2 N–H and O–H groups in total. The van der Waals surface area contributed by atoms with Crippen LogP contribution in [0.2, 0.25) is 0 Å². The minimum atomic E-state index is -0.0784. The number of carbonyl (C=O) groups is 1. The van der Waals surface area contributed by atoms with Crippen LogP contribution < -0.4 is 10.6 Å². The molecule has 0 bridgehead atoms. The molecule has 0 fully saturated rings. The van der Waals surface area contributed by atoms with Crippen LogP contribution in [0.3, 0.4) is 0 Å². The molecule has 2 aromatic rings. The fraction of sp³-hybridized carbons (Fsp3) is 0.133. The van der Waals surface area contributed by atoms with E-state index in [4.69, 9.17) is 0 Å². The highest BCUT2D eigenvalue weighted by Gasteiger charge is 2.13. The highest BCUT2D eigenvalue weighted by molar-refractivity contribution is 7.99. The molecule has 3 nitrogen and oxygen atoms in total. The third-order valence-electron chi connectivity index (χ3n) is 3.04. The van der Waals surface area contributed by atoms with Crippen LogP contribution in [-0.2, 0) is 0 Å². The van der Waals surface area contributed by atoms with Gasteiger partial charge < -0.3 is 10.6 Å². The Morgan fingerprint density at radius 2 is 2.05 bits per heavy atom. The highest BCUT2D eigenvalue weighted by Crippen LogP contribution is 2.34. The van der Waals surface area contributed by atoms with E-state index in [9.17, 15) is 4.79 Å². The number of hydrogen-bond acceptors (Lipinski definition) is 3. The Balaban J connectivity index is 0.00000147. The molecule has 98 valence electrons. The van der Waals surface area contributed by atoms with E-state index in [1.165, 1.54) is 10.5 Å². The summed E-state index contributed by atoms with van der Waals surface area (Å²) < 4.78 is 0. The van der Waals surface area contributed by atoms with Gasteiger partial charge in [0, 0.05) is 23.3 Å². The Morgan fingerprint density at radius 1 is 1.26 bits per heavy atom. The molecule has 1 aliphatic heterocycles. The van der Waals surface area contributed by atoms with E-state index in [0.717, 1.165) is 17.3 Å². The van der Waals surface area contributed by atoms with Gasteiger partial charge >= 0.3 is 0 Å². The molecule has 3 rings (SSSR count). The van der Waals surface area contributed by atoms with Crippen LogP contribution in [-0.4, -0.2) is 11.8 Å². The number of amides is 1. The molecule has 0 aliphatic carbocycles. The van der Waals surface area contributed by atoms with E-state index in [1.54, 1.807) is 11.8 Å². The van der Waals surface area contributed by atoms with Crippen molar-refractivity contribution in [2.45, 2.75) is 11.8 Å². The number of benzene rings is 2. The maximum Gasteiger partial charge on any atom is 0.255 e. The lowest BCUT2D eigenvalue weighted by Gasteiger charge is -2.07. The van der Waals surface area contributed by atoms with Gasteiger partial charge in [0.2, 0.25) is 0 Å². The summed E-state index contributed by atoms with van der Waals surface area (Å²) in [6.45, 7) is 2.02. The third kappa shape index (κ3) is 2.58. The van der Waals surface area contributed by atoms with E-state index in [2.05, 4.69) is 10.6 Å². The smallest absolute Gasteiger partial charge is 0.255 e. The molecule has 0 radical (unpaired) electrons. The largest absolute Gasteiger partial charge is 0.375 e. The predicted octanol–water partition coefficient (Wildman–Crippen LogP) is 3.97. The normalized spacial score (nSPS) is 12.7. The van der Waals surface area contributed by atoms with Crippen molar-refractivity contribution < 1.29 is 6.22 Å². The van der Waals surface area contributed by atoms with E-state index in [-0.39, 0.29) is 7.33 Å². The van der Waals surface area contributed by atoms with Crippen molar-refractivity contribution in [3.8, 4) is 0 Å². The van der Waals surface area contributed by atoms with Crippen molar-refractivity contribution in [2.24, 2.45) is 0 Å². The second kappa shape index (κ2) is 4.97. The van der Waals surface area contributed by atoms with Crippen LogP contribution in [0.1, 0.15) is 17.3 Å². The molecule has 0 spiro atoms. The quantitative estimate of drug-likeness (QED) is 0.869. The Labute approximate surface area is 117 Å². The number of rotatable bonds is 2. The number of aryl methyl sites for hydroxylation is 1. The number of anilines is 2. The molecule has 19 heavy (non-hydrogen) atoms. The van der Waals surface area contributed by atoms with Crippen molar-refractivity contribution in [3.63, 3.8) is 0 Å². The number of nitrogens with one attached hydrogen (secondary N) is 2. The average Bonchev–Trinajstić information content (AvgIpc) is 2.88. The van der Waals surface area contributed by atoms with Gasteiger partial charge in [-0.15, -0.1) is 11.8 Å². The molecule has 1 amide bonds. The molecule has 1 aliphatic rings. The molecule has 0 saturated heterocycles. The fourth-order valence-corrected chi connectivity index (χ4v) is 2.80. The standard InChI is InChI=1S/C15H14N2OS.H2/c1-10-2-5-12(6-3-10)17-15(18)11-4-7-14-13(8-11)16-9-19-14;/h2-8,16H,9H2,1H3,(H,17,18);1H. The van der Waals surface area contributed by atoms with Crippen LogP contribution in [0.15, 0.2) is 47.4 Å². The van der Waals surface area contributed by atoms with Gasteiger partial charge in [0.05, 0.1) is 5.88 Å². The molecule has 0 atom stereocenters. The van der Waals surface area contributed by atoms with Crippen LogP contribution in [0.25, 0.3) is 0 Å². The predicted molar refractivity (Wildman–Crippen MR) is 82.0 cm³/mol. The van der Waals surface area contributed by atoms with Crippen LogP contribution in [0.5, 0.6) is 0 Å². The van der Waals surface area contributed by atoms with E-state index >= 15 is 0 Å². The van der Waals surface area contributed by atoms with E-state index < -0.39 is 0 Å². The zero-order valence-corrected chi connectivity index (χ0v) is 11.4. The fourth-order valence-electron chi connectivity index (χ4n) is 1.97. The highest BCUT2D eigenvalue weighted by atomic mass is 32.2. The van der Waals surface area contributed by atoms with E-state index in [1.807, 2.05) is 49.4 Å². The van der Waals surface area contributed by atoms with Gasteiger partial charge in [0.15, 0.2) is 0 Å². The average molecular weight is 272 g/mol. The SMILES string of the molecule is Cc1ccc(NC(=O)c2ccc3c(c2)NCS3)cc1.[HH]. The van der Waals surface area contributed by atoms with Crippen molar-refractivity contribution in [1.29, 1.82) is 0 Å². The van der Waals surface area contributed by atoms with Gasteiger partial charge in [0.1, 0.15) is 0 Å². The first-order valence-corrected chi connectivity index (χ1v) is 7.10. The number of hydrogen-bond donors (Lipinski definition) is 2. The van der Waals surface area contributed by atoms with E-state index in [0.29, 0.717) is 5.56 Å². The summed E-state index contributed by atoms with van der Waals surface area (Å²) >= 11 is 1.75. The van der Waals surface area contributed by atoms with Crippen molar-refractivity contribution in [3.05, 3.63) is 53.6 Å². The summed E-state index contributed by atoms with van der Waals surface area (Å²) in [7, 11) is 0. The molecular weight excluding hydrogens is 256 g/mol. The summed E-state index contributed by atoms with van der Waals surface area (Å²) in [4.78, 5) is 13.4. The zero-order valence-electron chi connectivity index (χ0n) is 10.6. The second-order valence-electron chi connectivity index (χ2n) is 4.50. The summed E-state index contributed by atoms with van der Waals surface area (Å²) in [6.07, 6.45) is 0. The van der Waals surface area contributed by atoms with Crippen LogP contribution >= 0.6 is 11.8 Å². The number of carbonyl (C=O) groups excluding carboxylic acids is 1. The lowest BCUT2D eigenvalue weighted by molar-refractivity contribution is 0.102. The minimum Gasteiger partial charge on any atom is -0.375 e. The van der Waals surface area contributed by atoms with Gasteiger partial charge in [-0.05, 0) is 37.3 Å². The van der Waals surface area contributed by atoms with Crippen LogP contribution in [0, 0.1) is 6.92 Å². The lowest BCUT2D eigenvalue weighted by atomic mass is 10.1. The second-order valence-corrected chi connectivity index (χ2v) is 5.51. The first kappa shape index (κ1) is 12.1. The van der Waals surface area contributed by atoms with Gasteiger partial charge in [-0.1, -0.05) is 17.7 Å². The minimum absolute atomic E-state index is 0. The number of fused-ring (bicyclic) bond motifs is 1.